The molecule has 2 fully saturated rings. The number of hydrogen-bond donors (Lipinski definition) is 3. The van der Waals surface area contributed by atoms with Crippen molar-refractivity contribution in [2.24, 2.45) is 17.3 Å². The second kappa shape index (κ2) is 11.1. The molecule has 0 aromatic heterocycles. The Hall–Kier alpha value is -1.20. The van der Waals surface area contributed by atoms with Gasteiger partial charge in [-0.1, -0.05) is 57.6 Å². The Labute approximate surface area is 169 Å². The van der Waals surface area contributed by atoms with Crippen LogP contribution in [-0.2, 0) is 9.59 Å². The van der Waals surface area contributed by atoms with Crippen LogP contribution < -0.4 is 0 Å². The molecular weight excluding hydrogens is 356 g/mol. The largest absolute Gasteiger partial charge is 0.481 e. The van der Waals surface area contributed by atoms with Crippen LogP contribution >= 0.6 is 0 Å². The number of Topliss-reactive ketones (excluding diaryl/α,β-unsaturated/α-hetero) is 1. The Bertz CT molecular complexity index is 537. The zero-order valence-corrected chi connectivity index (χ0v) is 17.3. The molecule has 0 heterocycles. The van der Waals surface area contributed by atoms with Gasteiger partial charge in [0.1, 0.15) is 5.78 Å². The third-order valence-corrected chi connectivity index (χ3v) is 6.91. The van der Waals surface area contributed by atoms with Crippen molar-refractivity contribution in [3.05, 3.63) is 12.2 Å². The molecule has 160 valence electrons. The van der Waals surface area contributed by atoms with Crippen LogP contribution in [0.15, 0.2) is 12.2 Å². The van der Waals surface area contributed by atoms with E-state index >= 15 is 0 Å². The molecule has 0 amide bonds. The van der Waals surface area contributed by atoms with E-state index in [4.69, 9.17) is 5.11 Å². The average Bonchev–Trinajstić information content (AvgIpc) is 2.88. The number of carbonyl (C=O) groups is 2. The van der Waals surface area contributed by atoms with E-state index in [-0.39, 0.29) is 35.9 Å². The Morgan fingerprint density at radius 1 is 1.21 bits per heavy atom. The minimum Gasteiger partial charge on any atom is -0.481 e. The predicted molar refractivity (Wildman–Crippen MR) is 109 cm³/mol. The van der Waals surface area contributed by atoms with Crippen molar-refractivity contribution < 1.29 is 24.9 Å². The highest BCUT2D eigenvalue weighted by atomic mass is 16.4. The molecule has 4 atom stereocenters. The highest BCUT2D eigenvalue weighted by molar-refractivity contribution is 5.84. The summed E-state index contributed by atoms with van der Waals surface area (Å²) in [5.41, 5.74) is -0.000285. The summed E-state index contributed by atoms with van der Waals surface area (Å²) in [4.78, 5) is 22.9. The van der Waals surface area contributed by atoms with Crippen molar-refractivity contribution >= 4 is 11.8 Å². The van der Waals surface area contributed by atoms with Gasteiger partial charge in [0.05, 0.1) is 12.2 Å². The zero-order chi connectivity index (χ0) is 20.6. The van der Waals surface area contributed by atoms with Crippen molar-refractivity contribution in [2.75, 3.05) is 0 Å². The van der Waals surface area contributed by atoms with Crippen LogP contribution in [0.1, 0.15) is 90.4 Å². The van der Waals surface area contributed by atoms with E-state index in [1.807, 2.05) is 12.2 Å². The standard InChI is InChI=1S/C23H38O5/c1-2-3-13-23(14-8-15-23)21(26)12-11-18-17(19(24)16-20(18)25)9-6-4-5-7-10-22(27)28/h11-12,17-18,20-21,25-26H,2-10,13-16H2,1H3,(H,27,28)/b12-11+/t17-,18?,20-,21-/m1/s1. The van der Waals surface area contributed by atoms with Crippen molar-refractivity contribution in [2.45, 2.75) is 103 Å². The maximum absolute atomic E-state index is 12.3. The molecule has 3 N–H and O–H groups in total. The Morgan fingerprint density at radius 3 is 2.54 bits per heavy atom. The first-order valence-corrected chi connectivity index (χ1v) is 11.2. The van der Waals surface area contributed by atoms with Gasteiger partial charge < -0.3 is 15.3 Å². The van der Waals surface area contributed by atoms with Crippen molar-refractivity contribution in [1.82, 2.24) is 0 Å². The van der Waals surface area contributed by atoms with E-state index in [0.29, 0.717) is 6.42 Å². The molecular formula is C23H38O5. The number of carboxylic acids is 1. The highest BCUT2D eigenvalue weighted by Crippen LogP contribution is 2.48. The van der Waals surface area contributed by atoms with Crippen LogP contribution in [0.2, 0.25) is 0 Å². The van der Waals surface area contributed by atoms with Gasteiger partial charge in [0.25, 0.3) is 0 Å². The summed E-state index contributed by atoms with van der Waals surface area (Å²) in [5.74, 6) is -1.03. The van der Waals surface area contributed by atoms with Gasteiger partial charge >= 0.3 is 5.97 Å². The van der Waals surface area contributed by atoms with Crippen LogP contribution in [0, 0.1) is 17.3 Å². The number of carbonyl (C=O) groups excluding carboxylic acids is 1. The minimum absolute atomic E-state index is 0.000285. The molecule has 1 unspecified atom stereocenters. The zero-order valence-electron chi connectivity index (χ0n) is 17.3. The van der Waals surface area contributed by atoms with Crippen molar-refractivity contribution in [3.8, 4) is 0 Å². The fraction of sp³-hybridized carbons (Fsp3) is 0.826. The average molecular weight is 395 g/mol. The molecule has 0 saturated heterocycles. The van der Waals surface area contributed by atoms with E-state index in [9.17, 15) is 19.8 Å². The number of carboxylic acid groups (broad SMARTS) is 1. The molecule has 2 rings (SSSR count). The lowest BCUT2D eigenvalue weighted by molar-refractivity contribution is -0.137. The number of ketones is 1. The van der Waals surface area contributed by atoms with E-state index in [2.05, 4.69) is 6.92 Å². The Balaban J connectivity index is 1.86. The first kappa shape index (κ1) is 23.1. The number of aliphatic hydroxyl groups is 2. The quantitative estimate of drug-likeness (QED) is 0.320. The van der Waals surface area contributed by atoms with E-state index < -0.39 is 18.2 Å². The second-order valence-electron chi connectivity index (χ2n) is 8.92. The molecule has 2 aliphatic carbocycles. The summed E-state index contributed by atoms with van der Waals surface area (Å²) in [7, 11) is 0. The lowest BCUT2D eigenvalue weighted by Gasteiger charge is -2.45. The number of aliphatic hydroxyl groups excluding tert-OH is 2. The second-order valence-corrected chi connectivity index (χ2v) is 8.92. The van der Waals surface area contributed by atoms with Crippen LogP contribution in [0.3, 0.4) is 0 Å². The fourth-order valence-corrected chi connectivity index (χ4v) is 4.88. The minimum atomic E-state index is -0.763. The fourth-order valence-electron chi connectivity index (χ4n) is 4.88. The molecule has 28 heavy (non-hydrogen) atoms. The van der Waals surface area contributed by atoms with Gasteiger partial charge in [0.15, 0.2) is 0 Å². The van der Waals surface area contributed by atoms with Crippen LogP contribution in [0.25, 0.3) is 0 Å². The highest BCUT2D eigenvalue weighted by Gasteiger charge is 2.43. The van der Waals surface area contributed by atoms with Gasteiger partial charge in [-0.05, 0) is 37.5 Å². The molecule has 2 aliphatic rings. The van der Waals surface area contributed by atoms with Gasteiger partial charge in [-0.2, -0.15) is 0 Å². The molecule has 0 spiro atoms. The summed E-state index contributed by atoms with van der Waals surface area (Å²) in [5, 5.41) is 29.8. The molecule has 2 saturated carbocycles. The number of rotatable bonds is 13. The monoisotopic (exact) mass is 394 g/mol. The third kappa shape index (κ3) is 6.15. The van der Waals surface area contributed by atoms with Gasteiger partial charge in [-0.3, -0.25) is 9.59 Å². The number of unbranched alkanes of at least 4 members (excludes halogenated alkanes) is 4. The van der Waals surface area contributed by atoms with E-state index in [1.165, 1.54) is 6.42 Å². The molecule has 0 bridgehead atoms. The molecule has 0 aromatic carbocycles. The Morgan fingerprint density at radius 2 is 1.93 bits per heavy atom. The van der Waals surface area contributed by atoms with Gasteiger partial charge in [-0.25, -0.2) is 0 Å². The first-order chi connectivity index (χ1) is 13.4. The summed E-state index contributed by atoms with van der Waals surface area (Å²) in [6.45, 7) is 2.17. The van der Waals surface area contributed by atoms with Gasteiger partial charge in [0.2, 0.25) is 0 Å². The van der Waals surface area contributed by atoms with Crippen molar-refractivity contribution in [1.29, 1.82) is 0 Å². The summed E-state index contributed by atoms with van der Waals surface area (Å²) in [6.07, 6.45) is 13.6. The van der Waals surface area contributed by atoms with E-state index in [1.54, 1.807) is 0 Å². The maximum atomic E-state index is 12.3. The molecule has 5 nitrogen and oxygen atoms in total. The van der Waals surface area contributed by atoms with Crippen LogP contribution in [-0.4, -0.2) is 39.3 Å². The van der Waals surface area contributed by atoms with Crippen LogP contribution in [0.5, 0.6) is 0 Å². The van der Waals surface area contributed by atoms with Gasteiger partial charge in [-0.15, -0.1) is 0 Å². The lowest BCUT2D eigenvalue weighted by Crippen LogP contribution is -2.40. The summed E-state index contributed by atoms with van der Waals surface area (Å²) in [6, 6.07) is 0. The molecule has 0 aromatic rings. The van der Waals surface area contributed by atoms with Crippen LogP contribution in [0.4, 0.5) is 0 Å². The molecule has 0 aliphatic heterocycles. The molecule has 5 heteroatoms. The van der Waals surface area contributed by atoms with Crippen molar-refractivity contribution in [3.63, 3.8) is 0 Å². The topological polar surface area (TPSA) is 94.8 Å². The SMILES string of the molecule is CCCCC1([C@H](O)/C=C/C2[C@H](O)CC(=O)[C@@H]2CCCCCCC(=O)O)CCC1. The first-order valence-electron chi connectivity index (χ1n) is 11.2. The third-order valence-electron chi connectivity index (χ3n) is 6.91. The summed E-state index contributed by atoms with van der Waals surface area (Å²) >= 11 is 0. The Kier molecular flexibility index (Phi) is 9.16. The summed E-state index contributed by atoms with van der Waals surface area (Å²) < 4.78 is 0. The molecule has 0 radical (unpaired) electrons. The predicted octanol–water partition coefficient (Wildman–Crippen LogP) is 4.26. The smallest absolute Gasteiger partial charge is 0.303 e. The number of aliphatic carboxylic acids is 1. The number of hydrogen-bond acceptors (Lipinski definition) is 4. The normalized spacial score (nSPS) is 27.8. The lowest BCUT2D eigenvalue weighted by atomic mass is 9.62. The van der Waals surface area contributed by atoms with Gasteiger partial charge in [0, 0.05) is 24.7 Å². The maximum Gasteiger partial charge on any atom is 0.303 e. The van der Waals surface area contributed by atoms with E-state index in [0.717, 1.165) is 57.8 Å².